The summed E-state index contributed by atoms with van der Waals surface area (Å²) >= 11 is 1.28. The van der Waals surface area contributed by atoms with Crippen LogP contribution in [0.4, 0.5) is 0 Å². The van der Waals surface area contributed by atoms with E-state index >= 15 is 0 Å². The van der Waals surface area contributed by atoms with Crippen LogP contribution in [0.1, 0.15) is 20.8 Å². The molecule has 0 fully saturated rings. The first-order chi connectivity index (χ1) is 4.95. The summed E-state index contributed by atoms with van der Waals surface area (Å²) in [7, 11) is 0. The number of nitrogens with two attached hydrogens (primary N) is 2. The molecule has 4 N–H and O–H groups in total. The molecular weight excluding hydrogens is 162 g/mol. The van der Waals surface area contributed by atoms with Crippen molar-refractivity contribution in [2.45, 2.75) is 26.4 Å². The summed E-state index contributed by atoms with van der Waals surface area (Å²) in [4.78, 5) is 0. The Balaban J connectivity index is 3.43. The molecule has 0 aliphatic rings. The zero-order chi connectivity index (χ0) is 8.91. The molecule has 0 aliphatic heterocycles. The largest absolute Gasteiger partial charge is 0.377 e. The van der Waals surface area contributed by atoms with Gasteiger partial charge in [-0.2, -0.15) is 5.10 Å². The molecule has 5 heteroatoms. The fraction of sp³-hybridized carbons (Fsp3) is 0.833. The summed E-state index contributed by atoms with van der Waals surface area (Å²) in [6.07, 6.45) is 0. The van der Waals surface area contributed by atoms with Crippen LogP contribution in [0.2, 0.25) is 0 Å². The first-order valence-corrected chi connectivity index (χ1v) is 4.24. The quantitative estimate of drug-likeness (QED) is 0.214. The number of hydrazone groups is 1. The Morgan fingerprint density at radius 3 is 2.45 bits per heavy atom. The van der Waals surface area contributed by atoms with Crippen molar-refractivity contribution < 1.29 is 4.74 Å². The second-order valence-corrected chi connectivity index (χ2v) is 3.93. The van der Waals surface area contributed by atoms with Crippen molar-refractivity contribution in [3.63, 3.8) is 0 Å². The monoisotopic (exact) mass is 177 g/mol. The van der Waals surface area contributed by atoms with Gasteiger partial charge in [-0.1, -0.05) is 11.8 Å². The molecule has 0 aromatic heterocycles. The van der Waals surface area contributed by atoms with Crippen LogP contribution in [-0.2, 0) is 4.74 Å². The molecule has 11 heavy (non-hydrogen) atoms. The molecule has 0 unspecified atom stereocenters. The maximum absolute atomic E-state index is 5.35. The minimum Gasteiger partial charge on any atom is -0.377 e. The summed E-state index contributed by atoms with van der Waals surface area (Å²) in [5, 5.41) is 3.63. The van der Waals surface area contributed by atoms with Gasteiger partial charge in [0.05, 0.1) is 5.60 Å². The lowest BCUT2D eigenvalue weighted by Gasteiger charge is -2.18. The lowest BCUT2D eigenvalue weighted by atomic mass is 10.2. The number of hydrogen-bond donors (Lipinski definition) is 2. The molecule has 0 spiro atoms. The van der Waals surface area contributed by atoms with E-state index in [4.69, 9.17) is 16.3 Å². The van der Waals surface area contributed by atoms with Crippen molar-refractivity contribution in [3.8, 4) is 0 Å². The van der Waals surface area contributed by atoms with Crippen molar-refractivity contribution in [2.24, 2.45) is 16.7 Å². The number of rotatable bonds is 2. The maximum atomic E-state index is 5.35. The molecule has 0 aromatic rings. The average Bonchev–Trinajstić information content (AvgIpc) is 1.85. The van der Waals surface area contributed by atoms with Gasteiger partial charge in [-0.25, -0.2) is 0 Å². The molecule has 0 atom stereocenters. The molecule has 0 aliphatic carbocycles. The van der Waals surface area contributed by atoms with Gasteiger partial charge in [0, 0.05) is 0 Å². The van der Waals surface area contributed by atoms with Crippen LogP contribution in [0.3, 0.4) is 0 Å². The topological polar surface area (TPSA) is 73.6 Å². The predicted octanol–water partition coefficient (Wildman–Crippen LogP) is 0.681. The van der Waals surface area contributed by atoms with E-state index in [-0.39, 0.29) is 5.60 Å². The van der Waals surface area contributed by atoms with Crippen LogP contribution in [0, 0.1) is 0 Å². The SMILES string of the molecule is CC(C)(C)OCS/C(N)=N/N. The molecule has 0 bridgehead atoms. The Morgan fingerprint density at radius 2 is 2.09 bits per heavy atom. The molecular formula is C6H15N3OS. The van der Waals surface area contributed by atoms with E-state index in [1.165, 1.54) is 11.8 Å². The number of amidine groups is 1. The fourth-order valence-electron chi connectivity index (χ4n) is 0.304. The van der Waals surface area contributed by atoms with Crippen molar-refractivity contribution in [2.75, 3.05) is 5.94 Å². The summed E-state index contributed by atoms with van der Waals surface area (Å²) in [6, 6.07) is 0. The van der Waals surface area contributed by atoms with E-state index in [2.05, 4.69) is 5.10 Å². The Morgan fingerprint density at radius 1 is 1.55 bits per heavy atom. The van der Waals surface area contributed by atoms with E-state index in [0.717, 1.165) is 0 Å². The highest BCUT2D eigenvalue weighted by Crippen LogP contribution is 2.10. The van der Waals surface area contributed by atoms with Gasteiger partial charge in [-0.3, -0.25) is 0 Å². The van der Waals surface area contributed by atoms with Crippen molar-refractivity contribution in [3.05, 3.63) is 0 Å². The Bertz CT molecular complexity index is 141. The maximum Gasteiger partial charge on any atom is 0.179 e. The van der Waals surface area contributed by atoms with Gasteiger partial charge in [0.25, 0.3) is 0 Å². The lowest BCUT2D eigenvalue weighted by molar-refractivity contribution is 0.0291. The molecule has 0 rings (SSSR count). The predicted molar refractivity (Wildman–Crippen MR) is 49.1 cm³/mol. The van der Waals surface area contributed by atoms with Gasteiger partial charge < -0.3 is 16.3 Å². The molecule has 0 radical (unpaired) electrons. The number of nitrogens with zero attached hydrogens (tertiary/aromatic N) is 1. The summed E-state index contributed by atoms with van der Waals surface area (Å²) in [6.45, 7) is 5.93. The van der Waals surface area contributed by atoms with Crippen LogP contribution in [0.15, 0.2) is 5.10 Å². The van der Waals surface area contributed by atoms with Crippen LogP contribution in [-0.4, -0.2) is 16.7 Å². The van der Waals surface area contributed by atoms with E-state index in [0.29, 0.717) is 11.1 Å². The molecule has 0 amide bonds. The van der Waals surface area contributed by atoms with Crippen molar-refractivity contribution in [1.29, 1.82) is 0 Å². The van der Waals surface area contributed by atoms with Gasteiger partial charge in [-0.15, -0.1) is 0 Å². The third-order valence-electron chi connectivity index (χ3n) is 0.826. The first kappa shape index (κ1) is 10.6. The Kier molecular flexibility index (Phi) is 4.29. The second kappa shape index (κ2) is 4.46. The van der Waals surface area contributed by atoms with Gasteiger partial charge in [0.2, 0.25) is 0 Å². The summed E-state index contributed by atoms with van der Waals surface area (Å²) < 4.78 is 5.35. The number of ether oxygens (including phenoxy) is 1. The summed E-state index contributed by atoms with van der Waals surface area (Å²) in [5.41, 5.74) is 5.17. The summed E-state index contributed by atoms with van der Waals surface area (Å²) in [5.74, 6) is 5.39. The third-order valence-corrected chi connectivity index (χ3v) is 1.46. The minimum absolute atomic E-state index is 0.137. The second-order valence-electron chi connectivity index (χ2n) is 2.99. The smallest absolute Gasteiger partial charge is 0.179 e. The third kappa shape index (κ3) is 7.48. The molecule has 0 aromatic carbocycles. The zero-order valence-corrected chi connectivity index (χ0v) is 7.94. The Labute approximate surface area is 71.3 Å². The first-order valence-electron chi connectivity index (χ1n) is 3.26. The normalized spacial score (nSPS) is 13.5. The number of thioether (sulfide) groups is 1. The van der Waals surface area contributed by atoms with Crippen molar-refractivity contribution in [1.82, 2.24) is 0 Å². The van der Waals surface area contributed by atoms with Crippen LogP contribution in [0.5, 0.6) is 0 Å². The Hall–Kier alpha value is -0.420. The van der Waals surface area contributed by atoms with E-state index < -0.39 is 0 Å². The number of hydrogen-bond acceptors (Lipinski definition) is 4. The molecule has 0 saturated carbocycles. The highest BCUT2D eigenvalue weighted by molar-refractivity contribution is 8.13. The molecule has 4 nitrogen and oxygen atoms in total. The molecule has 0 heterocycles. The molecule has 0 saturated heterocycles. The zero-order valence-electron chi connectivity index (χ0n) is 7.13. The lowest BCUT2D eigenvalue weighted by Crippen LogP contribution is -2.20. The van der Waals surface area contributed by atoms with Crippen molar-refractivity contribution >= 4 is 16.9 Å². The van der Waals surface area contributed by atoms with E-state index in [1.807, 2.05) is 20.8 Å². The van der Waals surface area contributed by atoms with Gasteiger partial charge in [0.15, 0.2) is 5.17 Å². The fourth-order valence-corrected chi connectivity index (χ4v) is 0.912. The standard InChI is InChI=1S/C6H15N3OS/c1-6(2,3)10-4-11-5(7)9-8/h4,8H2,1-3H3,(H2,7,9). The molecule has 66 valence electrons. The van der Waals surface area contributed by atoms with Crippen LogP contribution < -0.4 is 11.6 Å². The van der Waals surface area contributed by atoms with E-state index in [9.17, 15) is 0 Å². The van der Waals surface area contributed by atoms with Crippen LogP contribution >= 0.6 is 11.8 Å². The van der Waals surface area contributed by atoms with Crippen LogP contribution in [0.25, 0.3) is 0 Å². The minimum atomic E-state index is -0.137. The average molecular weight is 177 g/mol. The van der Waals surface area contributed by atoms with Gasteiger partial charge in [-0.05, 0) is 20.8 Å². The van der Waals surface area contributed by atoms with Gasteiger partial charge >= 0.3 is 0 Å². The van der Waals surface area contributed by atoms with Gasteiger partial charge in [0.1, 0.15) is 5.94 Å². The van der Waals surface area contributed by atoms with E-state index in [1.54, 1.807) is 0 Å². The highest BCUT2D eigenvalue weighted by atomic mass is 32.2. The highest BCUT2D eigenvalue weighted by Gasteiger charge is 2.09.